The fourth-order valence-electron chi connectivity index (χ4n) is 1.80. The van der Waals surface area contributed by atoms with Gasteiger partial charge in [-0.25, -0.2) is 9.97 Å². The smallest absolute Gasteiger partial charge is 0.162 e. The van der Waals surface area contributed by atoms with Gasteiger partial charge in [-0.2, -0.15) is 10.2 Å². The second-order valence-electron chi connectivity index (χ2n) is 4.07. The molecule has 0 bridgehead atoms. The third-order valence-corrected chi connectivity index (χ3v) is 3.10. The Morgan fingerprint density at radius 3 is 2.83 bits per heavy atom. The highest BCUT2D eigenvalue weighted by Gasteiger charge is 2.10. The van der Waals surface area contributed by atoms with Gasteiger partial charge in [-0.05, 0) is 13.0 Å². The van der Waals surface area contributed by atoms with Crippen LogP contribution in [0.15, 0.2) is 18.5 Å². The normalized spacial score (nSPS) is 11.3. The summed E-state index contributed by atoms with van der Waals surface area (Å²) in [6.07, 6.45) is 3.42. The largest absolute Gasteiger partial charge is 0.262 e. The molecule has 3 aromatic heterocycles. The van der Waals surface area contributed by atoms with E-state index in [2.05, 4.69) is 20.2 Å². The summed E-state index contributed by atoms with van der Waals surface area (Å²) in [6, 6.07) is 1.93. The van der Waals surface area contributed by atoms with Crippen LogP contribution < -0.4 is 0 Å². The maximum absolute atomic E-state index is 6.12. The second kappa shape index (κ2) is 4.06. The Balaban J connectivity index is 2.07. The Hall–Kier alpha value is -1.95. The molecule has 0 aliphatic rings. The van der Waals surface area contributed by atoms with Gasteiger partial charge in [-0.3, -0.25) is 9.36 Å². The SMILES string of the molecule is Cc1ccnn1Cc1nc(Cl)c2cnn(C)c2n1. The average molecular weight is 263 g/mol. The van der Waals surface area contributed by atoms with Gasteiger partial charge < -0.3 is 0 Å². The van der Waals surface area contributed by atoms with E-state index in [4.69, 9.17) is 11.6 Å². The van der Waals surface area contributed by atoms with Gasteiger partial charge in [-0.1, -0.05) is 11.6 Å². The molecular weight excluding hydrogens is 252 g/mol. The molecule has 0 fully saturated rings. The van der Waals surface area contributed by atoms with Gasteiger partial charge in [-0.15, -0.1) is 0 Å². The van der Waals surface area contributed by atoms with Gasteiger partial charge >= 0.3 is 0 Å². The zero-order valence-electron chi connectivity index (χ0n) is 10.0. The topological polar surface area (TPSA) is 61.4 Å². The third-order valence-electron chi connectivity index (χ3n) is 2.81. The Morgan fingerprint density at radius 2 is 2.11 bits per heavy atom. The zero-order chi connectivity index (χ0) is 12.7. The van der Waals surface area contributed by atoms with Crippen molar-refractivity contribution in [2.24, 2.45) is 7.05 Å². The van der Waals surface area contributed by atoms with Crippen molar-refractivity contribution < 1.29 is 0 Å². The first-order valence-corrected chi connectivity index (χ1v) is 5.85. The van der Waals surface area contributed by atoms with E-state index in [0.717, 1.165) is 16.7 Å². The lowest BCUT2D eigenvalue weighted by molar-refractivity contribution is 0.637. The fourth-order valence-corrected chi connectivity index (χ4v) is 2.03. The first-order chi connectivity index (χ1) is 8.65. The Morgan fingerprint density at radius 1 is 1.28 bits per heavy atom. The van der Waals surface area contributed by atoms with Crippen LogP contribution >= 0.6 is 11.6 Å². The molecule has 0 atom stereocenters. The lowest BCUT2D eigenvalue weighted by atomic mass is 10.4. The lowest BCUT2D eigenvalue weighted by Gasteiger charge is -2.04. The summed E-state index contributed by atoms with van der Waals surface area (Å²) >= 11 is 6.12. The van der Waals surface area contributed by atoms with Crippen LogP contribution in [0.3, 0.4) is 0 Å². The predicted octanol–water partition coefficient (Wildman–Crippen LogP) is 1.57. The highest BCUT2D eigenvalue weighted by atomic mass is 35.5. The van der Waals surface area contributed by atoms with Crippen molar-refractivity contribution in [3.63, 3.8) is 0 Å². The molecule has 0 unspecified atom stereocenters. The minimum Gasteiger partial charge on any atom is -0.262 e. The lowest BCUT2D eigenvalue weighted by Crippen LogP contribution is -2.08. The van der Waals surface area contributed by atoms with Crippen molar-refractivity contribution in [1.82, 2.24) is 29.5 Å². The summed E-state index contributed by atoms with van der Waals surface area (Å²) in [5, 5.41) is 9.51. The summed E-state index contributed by atoms with van der Waals surface area (Å²) < 4.78 is 3.51. The van der Waals surface area contributed by atoms with E-state index in [-0.39, 0.29) is 0 Å². The summed E-state index contributed by atoms with van der Waals surface area (Å²) in [6.45, 7) is 2.48. The number of aryl methyl sites for hydroxylation is 2. The number of rotatable bonds is 2. The van der Waals surface area contributed by atoms with Crippen molar-refractivity contribution in [3.05, 3.63) is 35.1 Å². The van der Waals surface area contributed by atoms with Crippen molar-refractivity contribution in [2.45, 2.75) is 13.5 Å². The molecule has 0 N–H and O–H groups in total. The quantitative estimate of drug-likeness (QED) is 0.658. The minimum absolute atomic E-state index is 0.424. The van der Waals surface area contributed by atoms with Crippen molar-refractivity contribution in [2.75, 3.05) is 0 Å². The van der Waals surface area contributed by atoms with Gasteiger partial charge in [0.1, 0.15) is 11.7 Å². The van der Waals surface area contributed by atoms with E-state index < -0.39 is 0 Å². The van der Waals surface area contributed by atoms with E-state index >= 15 is 0 Å². The monoisotopic (exact) mass is 262 g/mol. The van der Waals surface area contributed by atoms with E-state index in [9.17, 15) is 0 Å². The van der Waals surface area contributed by atoms with Gasteiger partial charge in [0.15, 0.2) is 11.5 Å². The van der Waals surface area contributed by atoms with Crippen LogP contribution in [0.25, 0.3) is 11.0 Å². The molecule has 0 saturated carbocycles. The molecule has 0 amide bonds. The fraction of sp³-hybridized carbons (Fsp3) is 0.273. The molecule has 92 valence electrons. The molecular formula is C11H11ClN6. The number of halogens is 1. The van der Waals surface area contributed by atoms with Crippen LogP contribution in [0.1, 0.15) is 11.5 Å². The van der Waals surface area contributed by atoms with Crippen LogP contribution in [0, 0.1) is 6.92 Å². The molecule has 0 aliphatic heterocycles. The van der Waals surface area contributed by atoms with Crippen molar-refractivity contribution in [1.29, 1.82) is 0 Å². The van der Waals surface area contributed by atoms with Gasteiger partial charge in [0.05, 0.1) is 11.6 Å². The molecule has 7 heteroatoms. The number of fused-ring (bicyclic) bond motifs is 1. The van der Waals surface area contributed by atoms with E-state index in [1.807, 2.05) is 24.7 Å². The predicted molar refractivity (Wildman–Crippen MR) is 67.4 cm³/mol. The molecule has 3 heterocycles. The summed E-state index contributed by atoms with van der Waals surface area (Å²) in [7, 11) is 1.83. The molecule has 0 radical (unpaired) electrons. The first-order valence-electron chi connectivity index (χ1n) is 5.47. The molecule has 18 heavy (non-hydrogen) atoms. The number of hydrogen-bond acceptors (Lipinski definition) is 4. The first kappa shape index (κ1) is 11.2. The van der Waals surface area contributed by atoms with Crippen LogP contribution in [-0.2, 0) is 13.6 Å². The van der Waals surface area contributed by atoms with E-state index in [1.165, 1.54) is 0 Å². The van der Waals surface area contributed by atoms with Crippen LogP contribution in [-0.4, -0.2) is 29.5 Å². The Kier molecular flexibility index (Phi) is 2.52. The van der Waals surface area contributed by atoms with E-state index in [0.29, 0.717) is 17.5 Å². The molecule has 0 spiro atoms. The van der Waals surface area contributed by atoms with Gasteiger partial charge in [0, 0.05) is 18.9 Å². The third kappa shape index (κ3) is 1.74. The summed E-state index contributed by atoms with van der Waals surface area (Å²) in [5.74, 6) is 0.628. The molecule has 0 aliphatic carbocycles. The van der Waals surface area contributed by atoms with Crippen LogP contribution in [0.4, 0.5) is 0 Å². The summed E-state index contributed by atoms with van der Waals surface area (Å²) in [4.78, 5) is 8.73. The number of nitrogens with zero attached hydrogens (tertiary/aromatic N) is 6. The number of aromatic nitrogens is 6. The second-order valence-corrected chi connectivity index (χ2v) is 4.42. The average Bonchev–Trinajstić information content (AvgIpc) is 2.88. The molecule has 6 nitrogen and oxygen atoms in total. The summed E-state index contributed by atoms with van der Waals surface area (Å²) in [5.41, 5.74) is 1.79. The number of hydrogen-bond donors (Lipinski definition) is 0. The van der Waals surface area contributed by atoms with E-state index in [1.54, 1.807) is 17.1 Å². The van der Waals surface area contributed by atoms with Crippen molar-refractivity contribution in [3.8, 4) is 0 Å². The Labute approximate surface area is 108 Å². The van der Waals surface area contributed by atoms with Gasteiger partial charge in [0.2, 0.25) is 0 Å². The molecule has 0 saturated heterocycles. The van der Waals surface area contributed by atoms with Crippen LogP contribution in [0.2, 0.25) is 5.15 Å². The Bertz CT molecular complexity index is 713. The standard InChI is InChI=1S/C11H11ClN6/c1-7-3-4-13-18(7)6-9-15-10(12)8-5-14-17(2)11(8)16-9/h3-5H,6H2,1-2H3. The minimum atomic E-state index is 0.424. The zero-order valence-corrected chi connectivity index (χ0v) is 10.8. The van der Waals surface area contributed by atoms with Gasteiger partial charge in [0.25, 0.3) is 0 Å². The maximum Gasteiger partial charge on any atom is 0.162 e. The maximum atomic E-state index is 6.12. The molecule has 3 aromatic rings. The molecule has 3 rings (SSSR count). The van der Waals surface area contributed by atoms with Crippen molar-refractivity contribution >= 4 is 22.6 Å². The highest BCUT2D eigenvalue weighted by Crippen LogP contribution is 2.19. The van der Waals surface area contributed by atoms with Crippen LogP contribution in [0.5, 0.6) is 0 Å². The highest BCUT2D eigenvalue weighted by molar-refractivity contribution is 6.33. The molecule has 0 aromatic carbocycles.